The SMILES string of the molecule is CC(O)CCCN1CC(C)C(C)C1. The highest BCUT2D eigenvalue weighted by Crippen LogP contribution is 2.22. The molecule has 0 radical (unpaired) electrons. The van der Waals surface area contributed by atoms with E-state index < -0.39 is 0 Å². The third-order valence-corrected chi connectivity index (χ3v) is 3.16. The Balaban J connectivity index is 2.10. The molecule has 0 aromatic rings. The van der Waals surface area contributed by atoms with Gasteiger partial charge in [-0.15, -0.1) is 0 Å². The Morgan fingerprint density at radius 1 is 1.31 bits per heavy atom. The first-order valence-corrected chi connectivity index (χ1v) is 5.50. The summed E-state index contributed by atoms with van der Waals surface area (Å²) in [7, 11) is 0. The fourth-order valence-electron chi connectivity index (χ4n) is 2.04. The third-order valence-electron chi connectivity index (χ3n) is 3.16. The summed E-state index contributed by atoms with van der Waals surface area (Å²) in [6.45, 7) is 10.2. The van der Waals surface area contributed by atoms with E-state index in [-0.39, 0.29) is 6.10 Å². The number of likely N-dealkylation sites (tertiary alicyclic amines) is 1. The molecule has 1 N–H and O–H groups in total. The minimum Gasteiger partial charge on any atom is -0.393 e. The lowest BCUT2D eigenvalue weighted by Gasteiger charge is -2.15. The molecule has 1 fully saturated rings. The van der Waals surface area contributed by atoms with Crippen LogP contribution in [0.1, 0.15) is 33.6 Å². The molecule has 13 heavy (non-hydrogen) atoms. The average Bonchev–Trinajstić information content (AvgIpc) is 2.30. The fraction of sp³-hybridized carbons (Fsp3) is 1.00. The van der Waals surface area contributed by atoms with Crippen LogP contribution < -0.4 is 0 Å². The van der Waals surface area contributed by atoms with E-state index in [2.05, 4.69) is 18.7 Å². The molecular weight excluding hydrogens is 162 g/mol. The van der Waals surface area contributed by atoms with Gasteiger partial charge in [0.25, 0.3) is 0 Å². The fourth-order valence-corrected chi connectivity index (χ4v) is 2.04. The Morgan fingerprint density at radius 2 is 1.85 bits per heavy atom. The molecule has 0 amide bonds. The van der Waals surface area contributed by atoms with E-state index >= 15 is 0 Å². The predicted molar refractivity (Wildman–Crippen MR) is 55.7 cm³/mol. The lowest BCUT2D eigenvalue weighted by molar-refractivity contribution is 0.173. The zero-order valence-corrected chi connectivity index (χ0v) is 9.16. The summed E-state index contributed by atoms with van der Waals surface area (Å²) in [6.07, 6.45) is 1.95. The minimum absolute atomic E-state index is 0.127. The van der Waals surface area contributed by atoms with Crippen LogP contribution in [0.2, 0.25) is 0 Å². The van der Waals surface area contributed by atoms with Crippen molar-refractivity contribution in [2.45, 2.75) is 39.7 Å². The Labute approximate surface area is 81.9 Å². The van der Waals surface area contributed by atoms with Gasteiger partial charge in [0.15, 0.2) is 0 Å². The number of rotatable bonds is 4. The van der Waals surface area contributed by atoms with Crippen LogP contribution in [0.4, 0.5) is 0 Å². The summed E-state index contributed by atoms with van der Waals surface area (Å²) in [5.74, 6) is 1.71. The number of aliphatic hydroxyl groups is 1. The second-order valence-corrected chi connectivity index (χ2v) is 4.71. The van der Waals surface area contributed by atoms with Gasteiger partial charge in [-0.05, 0) is 38.1 Å². The molecule has 0 aromatic heterocycles. The van der Waals surface area contributed by atoms with Crippen LogP contribution in [0, 0.1) is 11.8 Å². The highest BCUT2D eigenvalue weighted by molar-refractivity contribution is 4.78. The molecule has 0 aromatic carbocycles. The summed E-state index contributed by atoms with van der Waals surface area (Å²) < 4.78 is 0. The van der Waals surface area contributed by atoms with E-state index in [9.17, 15) is 0 Å². The molecule has 1 rings (SSSR count). The lowest BCUT2D eigenvalue weighted by Crippen LogP contribution is -2.22. The van der Waals surface area contributed by atoms with E-state index in [1.165, 1.54) is 19.6 Å². The molecule has 1 aliphatic rings. The summed E-state index contributed by atoms with van der Waals surface area (Å²) >= 11 is 0. The van der Waals surface area contributed by atoms with Crippen LogP contribution in [0.5, 0.6) is 0 Å². The first-order chi connectivity index (χ1) is 6.09. The standard InChI is InChI=1S/C11H23NO/c1-9-7-12(8-10(9)2)6-4-5-11(3)13/h9-11,13H,4-8H2,1-3H3. The first-order valence-electron chi connectivity index (χ1n) is 5.50. The van der Waals surface area contributed by atoms with Gasteiger partial charge in [0.05, 0.1) is 6.10 Å². The Morgan fingerprint density at radius 3 is 2.31 bits per heavy atom. The topological polar surface area (TPSA) is 23.5 Å². The van der Waals surface area contributed by atoms with E-state index in [1.807, 2.05) is 6.92 Å². The van der Waals surface area contributed by atoms with Crippen molar-refractivity contribution in [2.75, 3.05) is 19.6 Å². The molecule has 2 heteroatoms. The van der Waals surface area contributed by atoms with Crippen LogP contribution in [-0.4, -0.2) is 35.7 Å². The summed E-state index contributed by atoms with van der Waals surface area (Å²) in [4.78, 5) is 2.53. The van der Waals surface area contributed by atoms with Gasteiger partial charge in [-0.2, -0.15) is 0 Å². The van der Waals surface area contributed by atoms with Crippen molar-refractivity contribution in [1.82, 2.24) is 4.90 Å². The molecule has 1 heterocycles. The maximum absolute atomic E-state index is 9.11. The van der Waals surface area contributed by atoms with Crippen LogP contribution in [0.25, 0.3) is 0 Å². The highest BCUT2D eigenvalue weighted by atomic mass is 16.3. The van der Waals surface area contributed by atoms with E-state index in [0.717, 1.165) is 24.7 Å². The highest BCUT2D eigenvalue weighted by Gasteiger charge is 2.25. The molecule has 0 spiro atoms. The predicted octanol–water partition coefficient (Wildman–Crippen LogP) is 1.74. The molecular formula is C11H23NO. The molecule has 1 aliphatic heterocycles. The molecule has 78 valence electrons. The molecule has 3 unspecified atom stereocenters. The van der Waals surface area contributed by atoms with Gasteiger partial charge >= 0.3 is 0 Å². The van der Waals surface area contributed by atoms with Gasteiger partial charge in [0, 0.05) is 13.1 Å². The van der Waals surface area contributed by atoms with Gasteiger partial charge in [-0.3, -0.25) is 0 Å². The zero-order valence-electron chi connectivity index (χ0n) is 9.16. The lowest BCUT2D eigenvalue weighted by atomic mass is 10.0. The molecule has 3 atom stereocenters. The van der Waals surface area contributed by atoms with Crippen LogP contribution in [0.15, 0.2) is 0 Å². The maximum atomic E-state index is 9.11. The Bertz CT molecular complexity index is 137. The van der Waals surface area contributed by atoms with Gasteiger partial charge in [-0.25, -0.2) is 0 Å². The smallest absolute Gasteiger partial charge is 0.0512 e. The van der Waals surface area contributed by atoms with Gasteiger partial charge in [0.2, 0.25) is 0 Å². The van der Waals surface area contributed by atoms with Crippen LogP contribution in [-0.2, 0) is 0 Å². The van der Waals surface area contributed by atoms with E-state index in [1.54, 1.807) is 0 Å². The zero-order chi connectivity index (χ0) is 9.84. The summed E-state index contributed by atoms with van der Waals surface area (Å²) in [6, 6.07) is 0. The van der Waals surface area contributed by atoms with E-state index in [4.69, 9.17) is 5.11 Å². The monoisotopic (exact) mass is 185 g/mol. The van der Waals surface area contributed by atoms with Crippen molar-refractivity contribution >= 4 is 0 Å². The van der Waals surface area contributed by atoms with Crippen molar-refractivity contribution in [3.05, 3.63) is 0 Å². The average molecular weight is 185 g/mol. The number of hydrogen-bond acceptors (Lipinski definition) is 2. The largest absolute Gasteiger partial charge is 0.393 e. The minimum atomic E-state index is -0.127. The number of hydrogen-bond donors (Lipinski definition) is 1. The van der Waals surface area contributed by atoms with Crippen molar-refractivity contribution in [3.8, 4) is 0 Å². The normalized spacial score (nSPS) is 32.3. The molecule has 1 saturated heterocycles. The molecule has 0 aliphatic carbocycles. The third kappa shape index (κ3) is 3.65. The van der Waals surface area contributed by atoms with Crippen molar-refractivity contribution in [3.63, 3.8) is 0 Å². The van der Waals surface area contributed by atoms with Crippen LogP contribution in [0.3, 0.4) is 0 Å². The Kier molecular flexibility index (Phi) is 4.20. The van der Waals surface area contributed by atoms with Gasteiger partial charge in [0.1, 0.15) is 0 Å². The van der Waals surface area contributed by atoms with Crippen molar-refractivity contribution in [1.29, 1.82) is 0 Å². The summed E-state index contributed by atoms with van der Waals surface area (Å²) in [5.41, 5.74) is 0. The first kappa shape index (κ1) is 11.0. The molecule has 0 bridgehead atoms. The van der Waals surface area contributed by atoms with Crippen molar-refractivity contribution in [2.24, 2.45) is 11.8 Å². The quantitative estimate of drug-likeness (QED) is 0.721. The van der Waals surface area contributed by atoms with Crippen molar-refractivity contribution < 1.29 is 5.11 Å². The number of aliphatic hydroxyl groups excluding tert-OH is 1. The van der Waals surface area contributed by atoms with E-state index in [0.29, 0.717) is 0 Å². The second-order valence-electron chi connectivity index (χ2n) is 4.71. The van der Waals surface area contributed by atoms with Gasteiger partial charge < -0.3 is 10.0 Å². The Hall–Kier alpha value is -0.0800. The molecule has 0 saturated carbocycles. The van der Waals surface area contributed by atoms with Crippen LogP contribution >= 0.6 is 0 Å². The van der Waals surface area contributed by atoms with Gasteiger partial charge in [-0.1, -0.05) is 13.8 Å². The summed E-state index contributed by atoms with van der Waals surface area (Å²) in [5, 5.41) is 9.11. The molecule has 2 nitrogen and oxygen atoms in total. The second kappa shape index (κ2) is 4.97. The maximum Gasteiger partial charge on any atom is 0.0512 e. The number of nitrogens with zero attached hydrogens (tertiary/aromatic N) is 1.